The van der Waals surface area contributed by atoms with Gasteiger partial charge in [0.05, 0.1) is 12.3 Å². The van der Waals surface area contributed by atoms with Gasteiger partial charge in [-0.2, -0.15) is 0 Å². The zero-order valence-electron chi connectivity index (χ0n) is 7.90. The third-order valence-corrected chi connectivity index (χ3v) is 2.33. The van der Waals surface area contributed by atoms with Crippen LogP contribution >= 0.6 is 0 Å². The lowest BCUT2D eigenvalue weighted by atomic mass is 9.98. The molecule has 78 valence electrons. The first kappa shape index (κ1) is 9.83. The molecule has 1 aromatic rings. The molecule has 0 aliphatic carbocycles. The maximum Gasteiger partial charge on any atom is 0.317 e. The molecule has 0 unspecified atom stereocenters. The van der Waals surface area contributed by atoms with Crippen LogP contribution in [0.4, 0.5) is 4.39 Å². The fourth-order valence-corrected chi connectivity index (χ4v) is 1.63. The van der Waals surface area contributed by atoms with Gasteiger partial charge in [0, 0.05) is 0 Å². The number of halogens is 1. The van der Waals surface area contributed by atoms with Gasteiger partial charge in [0.25, 0.3) is 0 Å². The lowest BCUT2D eigenvalue weighted by Crippen LogP contribution is -2.10. The van der Waals surface area contributed by atoms with Gasteiger partial charge in [0.15, 0.2) is 0 Å². The van der Waals surface area contributed by atoms with Crippen molar-refractivity contribution in [3.05, 3.63) is 35.6 Å². The zero-order chi connectivity index (χ0) is 10.8. The smallest absolute Gasteiger partial charge is 0.317 e. The van der Waals surface area contributed by atoms with Crippen molar-refractivity contribution in [1.29, 1.82) is 0 Å². The Balaban J connectivity index is 2.09. The van der Waals surface area contributed by atoms with Gasteiger partial charge in [-0.1, -0.05) is 12.1 Å². The molecule has 0 N–H and O–H groups in total. The van der Waals surface area contributed by atoms with Gasteiger partial charge in [-0.15, -0.1) is 0 Å². The Morgan fingerprint density at radius 2 is 2.20 bits per heavy atom. The van der Waals surface area contributed by atoms with Gasteiger partial charge in [0.1, 0.15) is 5.82 Å². The summed E-state index contributed by atoms with van der Waals surface area (Å²) in [7, 11) is 0. The van der Waals surface area contributed by atoms with Crippen molar-refractivity contribution in [2.24, 2.45) is 5.92 Å². The molecule has 0 saturated carbocycles. The molecule has 0 amide bonds. The van der Waals surface area contributed by atoms with E-state index in [1.165, 1.54) is 12.1 Å². The number of carbonyl (C=O) groups is 2. The highest BCUT2D eigenvalue weighted by molar-refractivity contribution is 5.94. The normalized spacial score (nSPS) is 20.5. The fraction of sp³-hybridized carbons (Fsp3) is 0.273. The first-order valence-electron chi connectivity index (χ1n) is 4.64. The third kappa shape index (κ3) is 2.21. The Hall–Kier alpha value is -1.71. The summed E-state index contributed by atoms with van der Waals surface area (Å²) < 4.78 is 17.2. The molecule has 1 atom stereocenters. The van der Waals surface area contributed by atoms with Crippen molar-refractivity contribution in [3.63, 3.8) is 0 Å². The number of carbonyl (C=O) groups excluding carboxylic acids is 2. The Bertz CT molecular complexity index is 414. The highest BCUT2D eigenvalue weighted by atomic mass is 19.1. The Kier molecular flexibility index (Phi) is 2.49. The van der Waals surface area contributed by atoms with E-state index < -0.39 is 17.9 Å². The lowest BCUT2D eigenvalue weighted by molar-refractivity contribution is -0.153. The molecule has 0 bridgehead atoms. The standard InChI is InChI=1S/C11H9FO3/c12-9-3-1-2-7(5-9)4-8-6-10(13)15-11(8)14/h1-3,5,8H,4,6H2/t8-/m1/s1. The van der Waals surface area contributed by atoms with E-state index in [1.807, 2.05) is 0 Å². The van der Waals surface area contributed by atoms with Gasteiger partial charge < -0.3 is 4.74 Å². The van der Waals surface area contributed by atoms with Gasteiger partial charge in [0.2, 0.25) is 0 Å². The molecule has 1 heterocycles. The number of hydrogen-bond acceptors (Lipinski definition) is 3. The van der Waals surface area contributed by atoms with Crippen molar-refractivity contribution in [3.8, 4) is 0 Å². The van der Waals surface area contributed by atoms with Crippen LogP contribution in [0, 0.1) is 11.7 Å². The number of ether oxygens (including phenoxy) is 1. The SMILES string of the molecule is O=C1C[C@@H](Cc2cccc(F)c2)C(=O)O1. The van der Waals surface area contributed by atoms with E-state index in [9.17, 15) is 14.0 Å². The highest BCUT2D eigenvalue weighted by Gasteiger charge is 2.33. The Morgan fingerprint density at radius 3 is 2.80 bits per heavy atom. The van der Waals surface area contributed by atoms with Crippen LogP contribution in [0.5, 0.6) is 0 Å². The molecule has 0 aromatic heterocycles. The topological polar surface area (TPSA) is 43.4 Å². The first-order chi connectivity index (χ1) is 7.15. The average Bonchev–Trinajstić information content (AvgIpc) is 2.45. The molecule has 0 spiro atoms. The average molecular weight is 208 g/mol. The Labute approximate surface area is 85.9 Å². The summed E-state index contributed by atoms with van der Waals surface area (Å²) in [4.78, 5) is 21.9. The monoisotopic (exact) mass is 208 g/mol. The van der Waals surface area contributed by atoms with Crippen molar-refractivity contribution in [1.82, 2.24) is 0 Å². The molecule has 15 heavy (non-hydrogen) atoms. The molecule has 0 radical (unpaired) electrons. The van der Waals surface area contributed by atoms with Gasteiger partial charge in [-0.25, -0.2) is 4.39 Å². The van der Waals surface area contributed by atoms with Crippen LogP contribution in [-0.2, 0) is 20.7 Å². The fourth-order valence-electron chi connectivity index (χ4n) is 1.63. The predicted molar refractivity (Wildman–Crippen MR) is 49.3 cm³/mol. The second kappa shape index (κ2) is 3.81. The van der Waals surface area contributed by atoms with Crippen LogP contribution in [0.25, 0.3) is 0 Å². The first-order valence-corrected chi connectivity index (χ1v) is 4.64. The molecule has 1 saturated heterocycles. The van der Waals surface area contributed by atoms with Gasteiger partial charge >= 0.3 is 11.9 Å². The largest absolute Gasteiger partial charge is 0.393 e. The molecule has 1 fully saturated rings. The van der Waals surface area contributed by atoms with E-state index in [0.717, 1.165) is 0 Å². The van der Waals surface area contributed by atoms with Crippen molar-refractivity contribution < 1.29 is 18.7 Å². The Morgan fingerprint density at radius 1 is 1.40 bits per heavy atom. The number of esters is 2. The minimum Gasteiger partial charge on any atom is -0.393 e. The highest BCUT2D eigenvalue weighted by Crippen LogP contribution is 2.20. The minimum atomic E-state index is -0.510. The molecule has 2 rings (SSSR count). The lowest BCUT2D eigenvalue weighted by Gasteiger charge is -2.04. The molecule has 1 aliphatic rings. The van der Waals surface area contributed by atoms with Gasteiger partial charge in [-0.3, -0.25) is 9.59 Å². The molecular weight excluding hydrogens is 199 g/mol. The zero-order valence-corrected chi connectivity index (χ0v) is 7.90. The maximum atomic E-state index is 12.8. The number of hydrogen-bond donors (Lipinski definition) is 0. The molecule has 1 aromatic carbocycles. The summed E-state index contributed by atoms with van der Waals surface area (Å²) in [5, 5.41) is 0. The predicted octanol–water partition coefficient (Wildman–Crippen LogP) is 1.46. The second-order valence-electron chi connectivity index (χ2n) is 3.53. The molecule has 1 aliphatic heterocycles. The van der Waals surface area contributed by atoms with Crippen molar-refractivity contribution in [2.75, 3.05) is 0 Å². The summed E-state index contributed by atoms with van der Waals surface area (Å²) in [6.07, 6.45) is 0.442. The van der Waals surface area contributed by atoms with Crippen LogP contribution in [0.2, 0.25) is 0 Å². The van der Waals surface area contributed by atoms with Gasteiger partial charge in [-0.05, 0) is 24.1 Å². The second-order valence-corrected chi connectivity index (χ2v) is 3.53. The molecular formula is C11H9FO3. The summed E-state index contributed by atoms with van der Waals surface area (Å²) in [6.45, 7) is 0. The van der Waals surface area contributed by atoms with Crippen LogP contribution in [0.15, 0.2) is 24.3 Å². The van der Waals surface area contributed by atoms with Crippen molar-refractivity contribution in [2.45, 2.75) is 12.8 Å². The van der Waals surface area contributed by atoms with Crippen LogP contribution in [-0.4, -0.2) is 11.9 Å². The minimum absolute atomic E-state index is 0.0926. The maximum absolute atomic E-state index is 12.8. The third-order valence-electron chi connectivity index (χ3n) is 2.33. The van der Waals surface area contributed by atoms with E-state index in [-0.39, 0.29) is 12.2 Å². The molecule has 3 nitrogen and oxygen atoms in total. The summed E-state index contributed by atoms with van der Waals surface area (Å²) >= 11 is 0. The summed E-state index contributed by atoms with van der Waals surface area (Å²) in [6, 6.07) is 5.99. The number of benzene rings is 1. The van der Waals surface area contributed by atoms with Crippen LogP contribution in [0.1, 0.15) is 12.0 Å². The van der Waals surface area contributed by atoms with Crippen molar-refractivity contribution >= 4 is 11.9 Å². The summed E-state index contributed by atoms with van der Waals surface area (Å²) in [5.74, 6) is -1.81. The summed E-state index contributed by atoms with van der Waals surface area (Å²) in [5.41, 5.74) is 0.701. The number of cyclic esters (lactones) is 2. The van der Waals surface area contributed by atoms with E-state index in [0.29, 0.717) is 12.0 Å². The van der Waals surface area contributed by atoms with Crippen LogP contribution < -0.4 is 0 Å². The number of rotatable bonds is 2. The quantitative estimate of drug-likeness (QED) is 0.545. The molecule has 4 heteroatoms. The van der Waals surface area contributed by atoms with E-state index in [4.69, 9.17) is 0 Å². The van der Waals surface area contributed by atoms with Crippen LogP contribution in [0.3, 0.4) is 0 Å². The van der Waals surface area contributed by atoms with E-state index >= 15 is 0 Å². The van der Waals surface area contributed by atoms with E-state index in [2.05, 4.69) is 4.74 Å². The van der Waals surface area contributed by atoms with E-state index in [1.54, 1.807) is 12.1 Å².